The summed E-state index contributed by atoms with van der Waals surface area (Å²) in [6.45, 7) is 0.504. The van der Waals surface area contributed by atoms with Crippen molar-refractivity contribution < 1.29 is 14.6 Å². The maximum Gasteiger partial charge on any atom is 0.223 e. The number of benzene rings is 1. The number of aliphatic hydroxyl groups is 1. The molecule has 2 aliphatic rings. The lowest BCUT2D eigenvalue weighted by Gasteiger charge is -2.31. The minimum atomic E-state index is -0.790. The molecule has 0 saturated heterocycles. The van der Waals surface area contributed by atoms with E-state index in [-0.39, 0.29) is 18.4 Å². The van der Waals surface area contributed by atoms with Gasteiger partial charge in [-0.15, -0.1) is 0 Å². The quantitative estimate of drug-likeness (QED) is 0.893. The van der Waals surface area contributed by atoms with Gasteiger partial charge in [0.15, 0.2) is 0 Å². The Morgan fingerprint density at radius 3 is 2.81 bits per heavy atom. The van der Waals surface area contributed by atoms with E-state index in [9.17, 15) is 9.90 Å². The molecule has 1 atom stereocenters. The van der Waals surface area contributed by atoms with Crippen LogP contribution in [0.2, 0.25) is 0 Å². The summed E-state index contributed by atoms with van der Waals surface area (Å²) >= 11 is 0. The largest absolute Gasteiger partial charge is 0.488 e. The first-order chi connectivity index (χ1) is 10.1. The summed E-state index contributed by atoms with van der Waals surface area (Å²) in [5.41, 5.74) is 0.407. The van der Waals surface area contributed by atoms with E-state index < -0.39 is 5.60 Å². The van der Waals surface area contributed by atoms with Crippen LogP contribution in [-0.4, -0.2) is 29.3 Å². The molecule has 1 fully saturated rings. The number of amides is 1. The van der Waals surface area contributed by atoms with E-state index >= 15 is 0 Å². The highest BCUT2D eigenvalue weighted by atomic mass is 16.5. The second-order valence-electron chi connectivity index (χ2n) is 6.32. The number of carbonyl (C=O) groups is 1. The molecular formula is C17H23NO3. The van der Waals surface area contributed by atoms with Gasteiger partial charge in [0, 0.05) is 6.42 Å². The molecule has 0 bridgehead atoms. The first-order valence-corrected chi connectivity index (χ1v) is 7.88. The molecule has 4 heteroatoms. The molecule has 21 heavy (non-hydrogen) atoms. The van der Waals surface area contributed by atoms with Crippen LogP contribution in [0, 0.1) is 0 Å². The zero-order valence-corrected chi connectivity index (χ0v) is 12.3. The summed E-state index contributed by atoms with van der Waals surface area (Å²) in [5.74, 6) is 0.849. The van der Waals surface area contributed by atoms with Crippen molar-refractivity contribution in [3.63, 3.8) is 0 Å². The third kappa shape index (κ3) is 3.56. The SMILES string of the molecule is O=C(CC1(O)CCCCC1)NCC1Cc2ccccc2O1. The summed E-state index contributed by atoms with van der Waals surface area (Å²) < 4.78 is 5.80. The summed E-state index contributed by atoms with van der Waals surface area (Å²) in [7, 11) is 0. The molecule has 0 aromatic heterocycles. The van der Waals surface area contributed by atoms with Crippen LogP contribution in [0.15, 0.2) is 24.3 Å². The Hall–Kier alpha value is -1.55. The van der Waals surface area contributed by atoms with Gasteiger partial charge in [0.05, 0.1) is 18.6 Å². The van der Waals surface area contributed by atoms with E-state index in [0.29, 0.717) is 6.54 Å². The fraction of sp³-hybridized carbons (Fsp3) is 0.588. The van der Waals surface area contributed by atoms with Gasteiger partial charge in [-0.05, 0) is 24.5 Å². The zero-order chi connectivity index (χ0) is 14.7. The van der Waals surface area contributed by atoms with Crippen LogP contribution in [0.4, 0.5) is 0 Å². The predicted octanol–water partition coefficient (Wildman–Crippen LogP) is 2.19. The second kappa shape index (κ2) is 6.06. The minimum absolute atomic E-state index is 0.00680. The van der Waals surface area contributed by atoms with Gasteiger partial charge in [-0.2, -0.15) is 0 Å². The van der Waals surface area contributed by atoms with Crippen molar-refractivity contribution in [2.24, 2.45) is 0 Å². The monoisotopic (exact) mass is 289 g/mol. The minimum Gasteiger partial charge on any atom is -0.488 e. The van der Waals surface area contributed by atoms with Gasteiger partial charge in [0.1, 0.15) is 11.9 Å². The third-order valence-corrected chi connectivity index (χ3v) is 4.51. The highest BCUT2D eigenvalue weighted by Crippen LogP contribution is 2.31. The van der Waals surface area contributed by atoms with Crippen molar-refractivity contribution in [1.29, 1.82) is 0 Å². The molecule has 1 aromatic rings. The van der Waals surface area contributed by atoms with Crippen LogP contribution < -0.4 is 10.1 Å². The van der Waals surface area contributed by atoms with Crippen molar-refractivity contribution in [3.05, 3.63) is 29.8 Å². The Kier molecular flexibility index (Phi) is 4.15. The molecule has 1 aromatic carbocycles. The first kappa shape index (κ1) is 14.4. The highest BCUT2D eigenvalue weighted by Gasteiger charge is 2.32. The number of ether oxygens (including phenoxy) is 1. The molecule has 1 unspecified atom stereocenters. The van der Waals surface area contributed by atoms with E-state index in [1.165, 1.54) is 5.56 Å². The van der Waals surface area contributed by atoms with Gasteiger partial charge in [-0.3, -0.25) is 4.79 Å². The summed E-state index contributed by atoms with van der Waals surface area (Å²) in [6, 6.07) is 7.98. The summed E-state index contributed by atoms with van der Waals surface area (Å²) in [5, 5.41) is 13.3. The van der Waals surface area contributed by atoms with E-state index in [4.69, 9.17) is 4.74 Å². The lowest BCUT2D eigenvalue weighted by molar-refractivity contribution is -0.127. The number of nitrogens with one attached hydrogen (secondary N) is 1. The molecule has 2 N–H and O–H groups in total. The van der Waals surface area contributed by atoms with Gasteiger partial charge in [-0.1, -0.05) is 37.5 Å². The van der Waals surface area contributed by atoms with Crippen LogP contribution in [0.3, 0.4) is 0 Å². The standard InChI is InChI=1S/C17H23NO3/c19-16(11-17(20)8-4-1-5-9-17)18-12-14-10-13-6-2-3-7-15(13)21-14/h2-3,6-7,14,20H,1,4-5,8-12H2,(H,18,19). The Morgan fingerprint density at radius 2 is 2.05 bits per heavy atom. The van der Waals surface area contributed by atoms with Gasteiger partial charge < -0.3 is 15.2 Å². The molecular weight excluding hydrogens is 266 g/mol. The van der Waals surface area contributed by atoms with Gasteiger partial charge in [0.2, 0.25) is 5.91 Å². The van der Waals surface area contributed by atoms with Crippen LogP contribution in [-0.2, 0) is 11.2 Å². The molecule has 1 amide bonds. The van der Waals surface area contributed by atoms with Gasteiger partial charge in [-0.25, -0.2) is 0 Å². The molecule has 1 heterocycles. The number of fused-ring (bicyclic) bond motifs is 1. The summed E-state index contributed by atoms with van der Waals surface area (Å²) in [4.78, 5) is 12.0. The Bertz CT molecular complexity index is 484. The molecule has 1 aliphatic carbocycles. The van der Waals surface area contributed by atoms with Crippen LogP contribution >= 0.6 is 0 Å². The predicted molar refractivity (Wildman–Crippen MR) is 80.2 cm³/mol. The van der Waals surface area contributed by atoms with E-state index in [1.54, 1.807) is 0 Å². The van der Waals surface area contributed by atoms with Crippen molar-refractivity contribution >= 4 is 5.91 Å². The number of hydrogen-bond donors (Lipinski definition) is 2. The Labute approximate surface area is 125 Å². The molecule has 0 radical (unpaired) electrons. The highest BCUT2D eigenvalue weighted by molar-refractivity contribution is 5.77. The van der Waals surface area contributed by atoms with Gasteiger partial charge >= 0.3 is 0 Å². The molecule has 4 nitrogen and oxygen atoms in total. The van der Waals surface area contributed by atoms with Crippen LogP contribution in [0.5, 0.6) is 5.75 Å². The fourth-order valence-corrected chi connectivity index (χ4v) is 3.34. The average Bonchev–Trinajstić information content (AvgIpc) is 2.88. The lowest BCUT2D eigenvalue weighted by Crippen LogP contribution is -2.41. The number of para-hydroxylation sites is 1. The molecule has 114 valence electrons. The average molecular weight is 289 g/mol. The Morgan fingerprint density at radius 1 is 1.29 bits per heavy atom. The van der Waals surface area contributed by atoms with E-state index in [1.807, 2.05) is 18.2 Å². The van der Waals surface area contributed by atoms with Crippen molar-refractivity contribution in [1.82, 2.24) is 5.32 Å². The molecule has 0 spiro atoms. The smallest absolute Gasteiger partial charge is 0.223 e. The second-order valence-corrected chi connectivity index (χ2v) is 6.32. The maximum absolute atomic E-state index is 12.0. The van der Waals surface area contributed by atoms with Gasteiger partial charge in [0.25, 0.3) is 0 Å². The number of hydrogen-bond acceptors (Lipinski definition) is 3. The zero-order valence-electron chi connectivity index (χ0n) is 12.3. The van der Waals surface area contributed by atoms with Crippen LogP contribution in [0.25, 0.3) is 0 Å². The molecule has 3 rings (SSSR count). The molecule has 1 aliphatic heterocycles. The van der Waals surface area contributed by atoms with E-state index in [2.05, 4.69) is 11.4 Å². The first-order valence-electron chi connectivity index (χ1n) is 7.88. The number of carbonyl (C=O) groups excluding carboxylic acids is 1. The lowest BCUT2D eigenvalue weighted by atomic mass is 9.82. The Balaban J connectivity index is 1.45. The van der Waals surface area contributed by atoms with Crippen molar-refractivity contribution in [2.75, 3.05) is 6.54 Å². The molecule has 1 saturated carbocycles. The van der Waals surface area contributed by atoms with Crippen molar-refractivity contribution in [3.8, 4) is 5.75 Å². The van der Waals surface area contributed by atoms with E-state index in [0.717, 1.165) is 44.3 Å². The van der Waals surface area contributed by atoms with Crippen LogP contribution in [0.1, 0.15) is 44.1 Å². The summed E-state index contributed by atoms with van der Waals surface area (Å²) in [6.07, 6.45) is 5.74. The topological polar surface area (TPSA) is 58.6 Å². The normalized spacial score (nSPS) is 23.2. The third-order valence-electron chi connectivity index (χ3n) is 4.51. The van der Waals surface area contributed by atoms with Crippen molar-refractivity contribution in [2.45, 2.75) is 56.7 Å². The number of rotatable bonds is 4. The maximum atomic E-state index is 12.0. The fourth-order valence-electron chi connectivity index (χ4n) is 3.34.